The summed E-state index contributed by atoms with van der Waals surface area (Å²) < 4.78 is 0. The molecular formula is C21H26N4. The van der Waals surface area contributed by atoms with Gasteiger partial charge in [0.15, 0.2) is 0 Å². The number of rotatable bonds is 2. The molecule has 2 fully saturated rings. The van der Waals surface area contributed by atoms with Gasteiger partial charge in [0.2, 0.25) is 0 Å². The third-order valence-corrected chi connectivity index (χ3v) is 6.97. The topological polar surface area (TPSA) is 41.0 Å². The Labute approximate surface area is 149 Å². The van der Waals surface area contributed by atoms with Gasteiger partial charge in [-0.25, -0.2) is 9.97 Å². The van der Waals surface area contributed by atoms with Crippen molar-refractivity contribution in [1.29, 1.82) is 0 Å². The van der Waals surface area contributed by atoms with E-state index >= 15 is 0 Å². The molecule has 0 amide bonds. The van der Waals surface area contributed by atoms with Crippen LogP contribution in [0.2, 0.25) is 0 Å². The Morgan fingerprint density at radius 2 is 2.16 bits per heavy atom. The summed E-state index contributed by atoms with van der Waals surface area (Å²) in [5.74, 6) is 1.70. The van der Waals surface area contributed by atoms with Crippen LogP contribution in [0.25, 0.3) is 0 Å². The van der Waals surface area contributed by atoms with Gasteiger partial charge < -0.3 is 10.2 Å². The second kappa shape index (κ2) is 5.80. The quantitative estimate of drug-likeness (QED) is 0.904. The summed E-state index contributed by atoms with van der Waals surface area (Å²) in [6.45, 7) is 1.24. The maximum absolute atomic E-state index is 4.31. The highest BCUT2D eigenvalue weighted by Crippen LogP contribution is 2.55. The summed E-state index contributed by atoms with van der Waals surface area (Å²) in [5, 5.41) is 3.47. The van der Waals surface area contributed by atoms with Crippen molar-refractivity contribution in [3.8, 4) is 0 Å². The summed E-state index contributed by atoms with van der Waals surface area (Å²) in [4.78, 5) is 10.9. The molecule has 1 aliphatic heterocycles. The average molecular weight is 334 g/mol. The monoisotopic (exact) mass is 334 g/mol. The molecule has 1 saturated carbocycles. The Morgan fingerprint density at radius 1 is 1.20 bits per heavy atom. The highest BCUT2D eigenvalue weighted by molar-refractivity contribution is 5.60. The fourth-order valence-corrected chi connectivity index (χ4v) is 5.79. The lowest BCUT2D eigenvalue weighted by molar-refractivity contribution is 0.00290. The maximum atomic E-state index is 4.31. The number of nitrogens with zero attached hydrogens (tertiary/aromatic N) is 3. The van der Waals surface area contributed by atoms with Crippen LogP contribution in [0.15, 0.2) is 36.8 Å². The summed E-state index contributed by atoms with van der Waals surface area (Å²) in [7, 11) is 2.33. The SMILES string of the molecule is CN1CC[C@]23CCCC[C@H]2[C@H]1Cc1ccc(Nc2ccncn2)cc13. The second-order valence-corrected chi connectivity index (χ2v) is 8.10. The fourth-order valence-electron chi connectivity index (χ4n) is 5.79. The number of likely N-dealkylation sites (N-methyl/N-ethyl adjacent to an activating group) is 1. The number of benzene rings is 1. The smallest absolute Gasteiger partial charge is 0.133 e. The Kier molecular flexibility index (Phi) is 3.56. The Bertz CT molecular complexity index is 775. The first kappa shape index (κ1) is 15.3. The van der Waals surface area contributed by atoms with Crippen LogP contribution in [0.5, 0.6) is 0 Å². The molecule has 25 heavy (non-hydrogen) atoms. The number of hydrogen-bond donors (Lipinski definition) is 1. The molecule has 130 valence electrons. The van der Waals surface area contributed by atoms with Crippen molar-refractivity contribution in [3.63, 3.8) is 0 Å². The minimum absolute atomic E-state index is 0.409. The number of hydrogen-bond acceptors (Lipinski definition) is 4. The Balaban J connectivity index is 1.56. The van der Waals surface area contributed by atoms with Gasteiger partial charge in [0.05, 0.1) is 0 Å². The van der Waals surface area contributed by atoms with Gasteiger partial charge in [-0.1, -0.05) is 18.9 Å². The number of piperidine rings is 1. The third-order valence-electron chi connectivity index (χ3n) is 6.97. The first-order valence-electron chi connectivity index (χ1n) is 9.63. The molecule has 2 aliphatic carbocycles. The molecule has 0 spiro atoms. The minimum Gasteiger partial charge on any atom is -0.340 e. The van der Waals surface area contributed by atoms with Crippen LogP contribution < -0.4 is 5.32 Å². The molecule has 1 aromatic heterocycles. The van der Waals surface area contributed by atoms with Crippen LogP contribution in [-0.2, 0) is 11.8 Å². The molecule has 4 nitrogen and oxygen atoms in total. The van der Waals surface area contributed by atoms with E-state index in [1.807, 2.05) is 6.07 Å². The standard InChI is InChI=1S/C21H26N4/c1-25-11-9-21-8-3-2-4-17(21)19(25)12-15-5-6-16(13-18(15)21)24-20-7-10-22-14-23-20/h5-7,10,13-14,17,19H,2-4,8-9,11-12H2,1H3,(H,22,23,24)/t17-,19+,21+/m0/s1. The number of nitrogens with one attached hydrogen (secondary N) is 1. The summed E-state index contributed by atoms with van der Waals surface area (Å²) in [6, 6.07) is 9.67. The fraction of sp³-hybridized carbons (Fsp3) is 0.524. The zero-order valence-corrected chi connectivity index (χ0v) is 14.9. The minimum atomic E-state index is 0.409. The lowest BCUT2D eigenvalue weighted by Crippen LogP contribution is -2.59. The molecule has 0 unspecified atom stereocenters. The van der Waals surface area contributed by atoms with E-state index in [2.05, 4.69) is 45.4 Å². The van der Waals surface area contributed by atoms with E-state index in [4.69, 9.17) is 0 Å². The van der Waals surface area contributed by atoms with Gasteiger partial charge in [-0.2, -0.15) is 0 Å². The van der Waals surface area contributed by atoms with Crippen molar-refractivity contribution in [3.05, 3.63) is 47.9 Å². The van der Waals surface area contributed by atoms with Gasteiger partial charge in [-0.3, -0.25) is 0 Å². The molecule has 4 heteroatoms. The Morgan fingerprint density at radius 3 is 3.04 bits per heavy atom. The Hall–Kier alpha value is -1.94. The van der Waals surface area contributed by atoms with Crippen molar-refractivity contribution >= 4 is 11.5 Å². The summed E-state index contributed by atoms with van der Waals surface area (Å²) >= 11 is 0. The van der Waals surface area contributed by atoms with E-state index in [1.54, 1.807) is 23.7 Å². The van der Waals surface area contributed by atoms with Crippen LogP contribution in [-0.4, -0.2) is 34.5 Å². The van der Waals surface area contributed by atoms with Crippen LogP contribution in [0.3, 0.4) is 0 Å². The molecule has 1 aromatic carbocycles. The lowest BCUT2D eigenvalue weighted by Gasteiger charge is -2.58. The van der Waals surface area contributed by atoms with Crippen LogP contribution in [0.4, 0.5) is 11.5 Å². The van der Waals surface area contributed by atoms with Crippen molar-refractivity contribution in [2.24, 2.45) is 5.92 Å². The zero-order valence-electron chi connectivity index (χ0n) is 14.9. The molecule has 3 atom stereocenters. The van der Waals surface area contributed by atoms with Crippen LogP contribution >= 0.6 is 0 Å². The van der Waals surface area contributed by atoms with Crippen molar-refractivity contribution in [1.82, 2.24) is 14.9 Å². The van der Waals surface area contributed by atoms with Crippen molar-refractivity contribution in [2.75, 3.05) is 18.9 Å². The normalized spacial score (nSPS) is 31.1. The molecule has 2 heterocycles. The molecule has 5 rings (SSSR count). The van der Waals surface area contributed by atoms with Crippen LogP contribution in [0, 0.1) is 5.92 Å². The van der Waals surface area contributed by atoms with Gasteiger partial charge in [0, 0.05) is 23.3 Å². The second-order valence-electron chi connectivity index (χ2n) is 8.10. The van der Waals surface area contributed by atoms with Crippen molar-refractivity contribution < 1.29 is 0 Å². The van der Waals surface area contributed by atoms with Gasteiger partial charge in [-0.15, -0.1) is 0 Å². The van der Waals surface area contributed by atoms with E-state index in [9.17, 15) is 0 Å². The zero-order chi connectivity index (χ0) is 16.9. The highest BCUT2D eigenvalue weighted by Gasteiger charge is 2.52. The van der Waals surface area contributed by atoms with E-state index in [0.29, 0.717) is 5.41 Å². The first-order valence-corrected chi connectivity index (χ1v) is 9.63. The number of aromatic nitrogens is 2. The highest BCUT2D eigenvalue weighted by atomic mass is 15.2. The van der Waals surface area contributed by atoms with E-state index in [-0.39, 0.29) is 0 Å². The van der Waals surface area contributed by atoms with Crippen LogP contribution in [0.1, 0.15) is 43.2 Å². The molecule has 2 aromatic rings. The molecule has 3 aliphatic rings. The molecule has 1 saturated heterocycles. The maximum Gasteiger partial charge on any atom is 0.133 e. The van der Waals surface area contributed by atoms with Gasteiger partial charge in [-0.05, 0) is 74.5 Å². The van der Waals surface area contributed by atoms with Crippen molar-refractivity contribution in [2.45, 2.75) is 50.0 Å². The van der Waals surface area contributed by atoms with E-state index < -0.39 is 0 Å². The number of fused-ring (bicyclic) bond motifs is 1. The lowest BCUT2D eigenvalue weighted by atomic mass is 9.52. The van der Waals surface area contributed by atoms with Gasteiger partial charge in [0.25, 0.3) is 0 Å². The van der Waals surface area contributed by atoms with Gasteiger partial charge in [0.1, 0.15) is 12.1 Å². The molecule has 2 bridgehead atoms. The predicted octanol–water partition coefficient (Wildman–Crippen LogP) is 3.91. The first-order chi connectivity index (χ1) is 12.3. The van der Waals surface area contributed by atoms with E-state index in [1.165, 1.54) is 45.1 Å². The number of anilines is 2. The molecular weight excluding hydrogens is 308 g/mol. The average Bonchev–Trinajstić information content (AvgIpc) is 2.66. The molecule has 0 radical (unpaired) electrons. The summed E-state index contributed by atoms with van der Waals surface area (Å²) in [5.41, 5.74) is 4.77. The number of likely N-dealkylation sites (tertiary alicyclic amines) is 1. The van der Waals surface area contributed by atoms with E-state index in [0.717, 1.165) is 23.5 Å². The predicted molar refractivity (Wildman–Crippen MR) is 100 cm³/mol. The summed E-state index contributed by atoms with van der Waals surface area (Å²) in [6.07, 6.45) is 11.5. The largest absolute Gasteiger partial charge is 0.340 e. The van der Waals surface area contributed by atoms with Gasteiger partial charge >= 0.3 is 0 Å². The third kappa shape index (κ3) is 2.38. The molecule has 1 N–H and O–H groups in total.